The molecule has 5 nitrogen and oxygen atoms in total. The Labute approximate surface area is 135 Å². The van der Waals surface area contributed by atoms with E-state index in [1.165, 1.54) is 4.90 Å². The molecule has 1 aliphatic rings. The third-order valence-corrected chi connectivity index (χ3v) is 3.54. The van der Waals surface area contributed by atoms with Crippen molar-refractivity contribution in [3.8, 4) is 11.8 Å². The highest BCUT2D eigenvalue weighted by atomic mass is 16.6. The lowest BCUT2D eigenvalue weighted by molar-refractivity contribution is 0.0234. The number of anilines is 1. The Bertz CT molecular complexity index is 758. The van der Waals surface area contributed by atoms with Gasteiger partial charge >= 0.3 is 6.09 Å². The van der Waals surface area contributed by atoms with Gasteiger partial charge in [0.1, 0.15) is 11.3 Å². The molecule has 1 aromatic carbocycles. The zero-order valence-corrected chi connectivity index (χ0v) is 13.1. The lowest BCUT2D eigenvalue weighted by Gasteiger charge is -2.35. The second kappa shape index (κ2) is 6.09. The van der Waals surface area contributed by atoms with Crippen molar-refractivity contribution >= 4 is 11.9 Å². The molecule has 0 unspecified atom stereocenters. The molecule has 0 N–H and O–H groups in total. The number of benzene rings is 1. The summed E-state index contributed by atoms with van der Waals surface area (Å²) in [6.07, 6.45) is 3.47. The zero-order chi connectivity index (χ0) is 16.3. The van der Waals surface area contributed by atoms with E-state index in [0.717, 1.165) is 12.0 Å². The lowest BCUT2D eigenvalue weighted by atomic mass is 10.0. The van der Waals surface area contributed by atoms with E-state index in [4.69, 9.17) is 4.74 Å². The molecular weight excluding hydrogens is 290 g/mol. The van der Waals surface area contributed by atoms with Crippen molar-refractivity contribution in [2.45, 2.75) is 25.9 Å². The molecule has 1 aromatic heterocycles. The highest BCUT2D eigenvalue weighted by molar-refractivity contribution is 5.87. The van der Waals surface area contributed by atoms with Gasteiger partial charge in [-0.1, -0.05) is 24.1 Å². The van der Waals surface area contributed by atoms with Gasteiger partial charge in [0, 0.05) is 18.5 Å². The topological polar surface area (TPSA) is 55.3 Å². The predicted octanol–water partition coefficient (Wildman–Crippen LogP) is 3.00. The van der Waals surface area contributed by atoms with Crippen molar-refractivity contribution in [1.29, 1.82) is 0 Å². The molecule has 0 atom stereocenters. The summed E-state index contributed by atoms with van der Waals surface area (Å²) in [7, 11) is 0. The molecule has 0 bridgehead atoms. The lowest BCUT2D eigenvalue weighted by Crippen LogP contribution is -2.47. The second-order valence-electron chi connectivity index (χ2n) is 5.91. The fourth-order valence-electron chi connectivity index (χ4n) is 2.21. The second-order valence-corrected chi connectivity index (χ2v) is 5.91. The summed E-state index contributed by atoms with van der Waals surface area (Å²) in [5.41, 5.74) is 1.05. The zero-order valence-electron chi connectivity index (χ0n) is 13.1. The molecule has 1 fully saturated rings. The average Bonchev–Trinajstić information content (AvgIpc) is 2.54. The van der Waals surface area contributed by atoms with Gasteiger partial charge in [-0.05, 0) is 31.9 Å². The Morgan fingerprint density at radius 1 is 1.13 bits per heavy atom. The molecule has 116 valence electrons. The van der Waals surface area contributed by atoms with Crippen LogP contribution in [0, 0.1) is 11.8 Å². The summed E-state index contributed by atoms with van der Waals surface area (Å²) in [5.74, 6) is 6.46. The molecule has 0 radical (unpaired) electrons. The highest BCUT2D eigenvalue weighted by Gasteiger charge is 2.34. The third-order valence-electron chi connectivity index (χ3n) is 3.54. The van der Waals surface area contributed by atoms with Crippen molar-refractivity contribution in [3.05, 3.63) is 54.0 Å². The van der Waals surface area contributed by atoms with E-state index in [1.54, 1.807) is 12.4 Å². The van der Waals surface area contributed by atoms with Crippen LogP contribution in [0.3, 0.4) is 0 Å². The number of cyclic esters (lactones) is 1. The normalized spacial score (nSPS) is 16.3. The molecule has 2 heterocycles. The summed E-state index contributed by atoms with van der Waals surface area (Å²) in [4.78, 5) is 22.0. The number of aromatic nitrogens is 2. The highest BCUT2D eigenvalue weighted by Crippen LogP contribution is 2.25. The summed E-state index contributed by atoms with van der Waals surface area (Å²) < 4.78 is 5.37. The maximum absolute atomic E-state index is 12.0. The van der Waals surface area contributed by atoms with Gasteiger partial charge in [0.05, 0.1) is 12.4 Å². The van der Waals surface area contributed by atoms with Gasteiger partial charge in [-0.2, -0.15) is 0 Å². The van der Waals surface area contributed by atoms with E-state index in [9.17, 15) is 4.79 Å². The molecule has 3 rings (SSSR count). The largest absolute Gasteiger partial charge is 0.443 e. The van der Waals surface area contributed by atoms with Crippen LogP contribution in [0.15, 0.2) is 42.7 Å². The first-order valence-corrected chi connectivity index (χ1v) is 7.43. The predicted molar refractivity (Wildman–Crippen MR) is 87.0 cm³/mol. The summed E-state index contributed by atoms with van der Waals surface area (Å²) in [5, 5.41) is 0. The molecule has 2 aromatic rings. The number of rotatable bonds is 1. The first kappa shape index (κ1) is 15.0. The molecule has 5 heteroatoms. The number of carbonyl (C=O) groups is 1. The third kappa shape index (κ3) is 3.67. The minimum Gasteiger partial charge on any atom is -0.443 e. The van der Waals surface area contributed by atoms with Crippen molar-refractivity contribution < 1.29 is 9.53 Å². The average molecular weight is 307 g/mol. The fraction of sp³-hybridized carbons (Fsp3) is 0.278. The van der Waals surface area contributed by atoms with E-state index in [2.05, 4.69) is 21.8 Å². The maximum atomic E-state index is 12.0. The molecule has 23 heavy (non-hydrogen) atoms. The van der Waals surface area contributed by atoms with Crippen molar-refractivity contribution in [3.63, 3.8) is 0 Å². The Morgan fingerprint density at radius 2 is 1.91 bits per heavy atom. The molecule has 0 saturated carbocycles. The van der Waals surface area contributed by atoms with E-state index in [1.807, 2.05) is 44.2 Å². The SMILES string of the molecule is CC1(C)CCN(c2cnc(C#Cc3ccccc3)cn2)C(=O)O1. The number of hydrogen-bond donors (Lipinski definition) is 0. The number of carbonyl (C=O) groups excluding carboxylic acids is 1. The first-order valence-electron chi connectivity index (χ1n) is 7.43. The standard InChI is InChI=1S/C18H17N3O2/c1-18(2)10-11-21(17(22)23-18)16-13-19-15(12-20-16)9-8-14-6-4-3-5-7-14/h3-7,12-13H,10-11H2,1-2H3. The van der Waals surface area contributed by atoms with E-state index < -0.39 is 11.7 Å². The van der Waals surface area contributed by atoms with E-state index in [0.29, 0.717) is 18.1 Å². The van der Waals surface area contributed by atoms with Crippen LogP contribution in [0.25, 0.3) is 0 Å². The number of ether oxygens (including phenoxy) is 1. The van der Waals surface area contributed by atoms with Crippen LogP contribution in [0.5, 0.6) is 0 Å². The van der Waals surface area contributed by atoms with Crippen LogP contribution in [-0.4, -0.2) is 28.2 Å². The van der Waals surface area contributed by atoms with Gasteiger partial charge in [-0.25, -0.2) is 14.8 Å². The quantitative estimate of drug-likeness (QED) is 0.760. The Morgan fingerprint density at radius 3 is 2.57 bits per heavy atom. The van der Waals surface area contributed by atoms with Gasteiger partial charge < -0.3 is 4.74 Å². The van der Waals surface area contributed by atoms with Crippen LogP contribution in [-0.2, 0) is 4.74 Å². The summed E-state index contributed by atoms with van der Waals surface area (Å²) >= 11 is 0. The van der Waals surface area contributed by atoms with Crippen molar-refractivity contribution in [2.75, 3.05) is 11.4 Å². The summed E-state index contributed by atoms with van der Waals surface area (Å²) in [6.45, 7) is 4.36. The van der Waals surface area contributed by atoms with Crippen LogP contribution in [0.1, 0.15) is 31.5 Å². The van der Waals surface area contributed by atoms with Gasteiger partial charge in [0.15, 0.2) is 5.82 Å². The van der Waals surface area contributed by atoms with Gasteiger partial charge in [-0.15, -0.1) is 0 Å². The van der Waals surface area contributed by atoms with E-state index >= 15 is 0 Å². The van der Waals surface area contributed by atoms with Gasteiger partial charge in [-0.3, -0.25) is 4.90 Å². The smallest absolute Gasteiger partial charge is 0.416 e. The number of nitrogens with zero attached hydrogens (tertiary/aromatic N) is 3. The van der Waals surface area contributed by atoms with E-state index in [-0.39, 0.29) is 0 Å². The van der Waals surface area contributed by atoms with Crippen LogP contribution >= 0.6 is 0 Å². The molecule has 1 saturated heterocycles. The summed E-state index contributed by atoms with van der Waals surface area (Å²) in [6, 6.07) is 9.67. The van der Waals surface area contributed by atoms with Gasteiger partial charge in [0.2, 0.25) is 0 Å². The Kier molecular flexibility index (Phi) is 3.98. The minimum atomic E-state index is -0.428. The molecule has 0 spiro atoms. The van der Waals surface area contributed by atoms with Crippen molar-refractivity contribution in [1.82, 2.24) is 9.97 Å². The monoisotopic (exact) mass is 307 g/mol. The Balaban J connectivity index is 1.73. The van der Waals surface area contributed by atoms with Crippen LogP contribution < -0.4 is 4.90 Å². The van der Waals surface area contributed by atoms with Crippen LogP contribution in [0.2, 0.25) is 0 Å². The van der Waals surface area contributed by atoms with Crippen LogP contribution in [0.4, 0.5) is 10.6 Å². The molecular formula is C18H17N3O2. The first-order chi connectivity index (χ1) is 11.0. The molecule has 1 amide bonds. The van der Waals surface area contributed by atoms with Crippen molar-refractivity contribution in [2.24, 2.45) is 0 Å². The van der Waals surface area contributed by atoms with Gasteiger partial charge in [0.25, 0.3) is 0 Å². The maximum Gasteiger partial charge on any atom is 0.416 e. The molecule has 0 aliphatic carbocycles. The minimum absolute atomic E-state index is 0.390. The Hall–Kier alpha value is -2.87. The number of hydrogen-bond acceptors (Lipinski definition) is 4. The fourth-order valence-corrected chi connectivity index (χ4v) is 2.21. The number of amides is 1. The molecule has 1 aliphatic heterocycles.